The van der Waals surface area contributed by atoms with Gasteiger partial charge in [-0.1, -0.05) is 18.2 Å². The number of alkyl halides is 3. The van der Waals surface area contributed by atoms with Crippen molar-refractivity contribution < 1.29 is 18.3 Å². The summed E-state index contributed by atoms with van der Waals surface area (Å²) in [5, 5.41) is 11.7. The van der Waals surface area contributed by atoms with E-state index in [1.54, 1.807) is 30.3 Å². The number of benzene rings is 1. The summed E-state index contributed by atoms with van der Waals surface area (Å²) >= 11 is 0. The SMILES string of the molecule is Oc1cc(C(F)(F)F)nc(Nc2ccccc2)n1. The molecule has 0 atom stereocenters. The van der Waals surface area contributed by atoms with Gasteiger partial charge in [-0.15, -0.1) is 0 Å². The molecule has 0 aliphatic carbocycles. The smallest absolute Gasteiger partial charge is 0.433 e. The molecule has 0 radical (unpaired) electrons. The molecule has 0 aliphatic heterocycles. The van der Waals surface area contributed by atoms with Crippen molar-refractivity contribution in [2.45, 2.75) is 6.18 Å². The highest BCUT2D eigenvalue weighted by Crippen LogP contribution is 2.30. The summed E-state index contributed by atoms with van der Waals surface area (Å²) in [7, 11) is 0. The Balaban J connectivity index is 2.32. The molecule has 0 unspecified atom stereocenters. The number of aromatic nitrogens is 2. The normalized spacial score (nSPS) is 11.3. The zero-order valence-electron chi connectivity index (χ0n) is 8.94. The average Bonchev–Trinajstić information content (AvgIpc) is 2.28. The fourth-order valence-corrected chi connectivity index (χ4v) is 1.29. The number of hydrogen-bond donors (Lipinski definition) is 2. The highest BCUT2D eigenvalue weighted by atomic mass is 19.4. The van der Waals surface area contributed by atoms with Crippen molar-refractivity contribution in [3.8, 4) is 5.88 Å². The molecule has 0 bridgehead atoms. The minimum Gasteiger partial charge on any atom is -0.493 e. The van der Waals surface area contributed by atoms with Crippen molar-refractivity contribution in [2.75, 3.05) is 5.32 Å². The molecule has 4 nitrogen and oxygen atoms in total. The van der Waals surface area contributed by atoms with Gasteiger partial charge in [-0.3, -0.25) is 0 Å². The summed E-state index contributed by atoms with van der Waals surface area (Å²) in [5.41, 5.74) is -0.676. The van der Waals surface area contributed by atoms with Gasteiger partial charge in [-0.05, 0) is 12.1 Å². The van der Waals surface area contributed by atoms with Gasteiger partial charge in [0.2, 0.25) is 11.8 Å². The van der Waals surface area contributed by atoms with Gasteiger partial charge in [-0.25, -0.2) is 4.98 Å². The first-order valence-corrected chi connectivity index (χ1v) is 4.92. The lowest BCUT2D eigenvalue weighted by Gasteiger charge is -2.09. The van der Waals surface area contributed by atoms with Gasteiger partial charge in [0, 0.05) is 11.8 Å². The van der Waals surface area contributed by atoms with Gasteiger partial charge in [-0.2, -0.15) is 18.2 Å². The molecular weight excluding hydrogens is 247 g/mol. The van der Waals surface area contributed by atoms with Gasteiger partial charge < -0.3 is 10.4 Å². The summed E-state index contributed by atoms with van der Waals surface area (Å²) in [5.74, 6) is -1.05. The zero-order valence-corrected chi connectivity index (χ0v) is 8.94. The zero-order chi connectivity index (χ0) is 13.2. The summed E-state index contributed by atoms with van der Waals surface area (Å²) in [6, 6.07) is 8.92. The number of halogens is 3. The summed E-state index contributed by atoms with van der Waals surface area (Å²) in [4.78, 5) is 6.77. The van der Waals surface area contributed by atoms with Crippen LogP contribution in [0.5, 0.6) is 5.88 Å². The maximum atomic E-state index is 12.5. The molecular formula is C11H8F3N3O. The van der Waals surface area contributed by atoms with Crippen LogP contribution in [0, 0.1) is 0 Å². The Morgan fingerprint density at radius 2 is 1.72 bits per heavy atom. The van der Waals surface area contributed by atoms with Crippen LogP contribution in [0.1, 0.15) is 5.69 Å². The number of anilines is 2. The van der Waals surface area contributed by atoms with Crippen LogP contribution in [0.3, 0.4) is 0 Å². The Hall–Kier alpha value is -2.31. The van der Waals surface area contributed by atoms with Gasteiger partial charge in [0.25, 0.3) is 0 Å². The van der Waals surface area contributed by atoms with Crippen molar-refractivity contribution in [1.29, 1.82) is 0 Å². The highest BCUT2D eigenvalue weighted by molar-refractivity contribution is 5.53. The summed E-state index contributed by atoms with van der Waals surface area (Å²) in [6.07, 6.45) is -4.63. The van der Waals surface area contributed by atoms with Crippen LogP contribution in [-0.4, -0.2) is 15.1 Å². The Morgan fingerprint density at radius 3 is 2.33 bits per heavy atom. The third kappa shape index (κ3) is 2.88. The molecule has 2 rings (SSSR count). The van der Waals surface area contributed by atoms with Crippen LogP contribution in [0.25, 0.3) is 0 Å². The van der Waals surface area contributed by atoms with Crippen LogP contribution < -0.4 is 5.32 Å². The van der Waals surface area contributed by atoms with Crippen molar-refractivity contribution in [1.82, 2.24) is 9.97 Å². The molecule has 0 saturated heterocycles. The molecule has 2 N–H and O–H groups in total. The fraction of sp³-hybridized carbons (Fsp3) is 0.0909. The molecule has 1 aromatic carbocycles. The lowest BCUT2D eigenvalue weighted by atomic mass is 10.3. The maximum Gasteiger partial charge on any atom is 0.433 e. The van der Waals surface area contributed by atoms with Crippen molar-refractivity contribution in [3.63, 3.8) is 0 Å². The van der Waals surface area contributed by atoms with E-state index in [0.29, 0.717) is 11.8 Å². The van der Waals surface area contributed by atoms with Gasteiger partial charge in [0.15, 0.2) is 5.69 Å². The van der Waals surface area contributed by atoms with E-state index in [1.807, 2.05) is 0 Å². The van der Waals surface area contributed by atoms with Crippen LogP contribution in [-0.2, 0) is 6.18 Å². The largest absolute Gasteiger partial charge is 0.493 e. The predicted octanol–water partition coefficient (Wildman–Crippen LogP) is 2.94. The molecule has 7 heteroatoms. The Labute approximate surface area is 100 Å². The second kappa shape index (κ2) is 4.52. The lowest BCUT2D eigenvalue weighted by molar-refractivity contribution is -0.141. The first-order chi connectivity index (χ1) is 8.45. The van der Waals surface area contributed by atoms with E-state index in [4.69, 9.17) is 5.11 Å². The van der Waals surface area contributed by atoms with Crippen molar-refractivity contribution >= 4 is 11.6 Å². The molecule has 0 saturated carbocycles. The summed E-state index contributed by atoms with van der Waals surface area (Å²) < 4.78 is 37.4. The standard InChI is InChI=1S/C11H8F3N3O/c12-11(13,14)8-6-9(18)17-10(16-8)15-7-4-2-1-3-5-7/h1-6H,(H2,15,16,17,18). The lowest BCUT2D eigenvalue weighted by Crippen LogP contribution is -2.10. The Bertz CT molecular complexity index is 543. The molecule has 0 amide bonds. The number of hydrogen-bond acceptors (Lipinski definition) is 4. The third-order valence-corrected chi connectivity index (χ3v) is 2.03. The van der Waals surface area contributed by atoms with Crippen molar-refractivity contribution in [2.24, 2.45) is 0 Å². The molecule has 1 aromatic heterocycles. The Morgan fingerprint density at radius 1 is 1.06 bits per heavy atom. The first kappa shape index (κ1) is 12.2. The van der Waals surface area contributed by atoms with Crippen LogP contribution in [0.2, 0.25) is 0 Å². The Kier molecular flexibility index (Phi) is 3.05. The van der Waals surface area contributed by atoms with Crippen LogP contribution >= 0.6 is 0 Å². The first-order valence-electron chi connectivity index (χ1n) is 4.92. The quantitative estimate of drug-likeness (QED) is 0.866. The van der Waals surface area contributed by atoms with E-state index in [2.05, 4.69) is 15.3 Å². The second-order valence-electron chi connectivity index (χ2n) is 3.42. The molecule has 94 valence electrons. The topological polar surface area (TPSA) is 58.0 Å². The number of nitrogens with one attached hydrogen (secondary N) is 1. The number of nitrogens with zero attached hydrogens (tertiary/aromatic N) is 2. The van der Waals surface area contributed by atoms with E-state index < -0.39 is 17.8 Å². The van der Waals surface area contributed by atoms with E-state index in [9.17, 15) is 13.2 Å². The van der Waals surface area contributed by atoms with E-state index in [0.717, 1.165) is 0 Å². The molecule has 18 heavy (non-hydrogen) atoms. The van der Waals surface area contributed by atoms with Crippen LogP contribution in [0.15, 0.2) is 36.4 Å². The minimum atomic E-state index is -4.63. The highest BCUT2D eigenvalue weighted by Gasteiger charge is 2.33. The van der Waals surface area contributed by atoms with Crippen molar-refractivity contribution in [3.05, 3.63) is 42.1 Å². The molecule has 0 spiro atoms. The number of rotatable bonds is 2. The fourth-order valence-electron chi connectivity index (χ4n) is 1.29. The third-order valence-electron chi connectivity index (χ3n) is 2.03. The van der Waals surface area contributed by atoms with E-state index in [-0.39, 0.29) is 5.95 Å². The molecule has 1 heterocycles. The predicted molar refractivity (Wildman–Crippen MR) is 58.4 cm³/mol. The molecule has 2 aromatic rings. The van der Waals surface area contributed by atoms with Gasteiger partial charge in [0.05, 0.1) is 0 Å². The monoisotopic (exact) mass is 255 g/mol. The number of aromatic hydroxyl groups is 1. The van der Waals surface area contributed by atoms with Gasteiger partial charge >= 0.3 is 6.18 Å². The van der Waals surface area contributed by atoms with Crippen LogP contribution in [0.4, 0.5) is 24.8 Å². The van der Waals surface area contributed by atoms with E-state index in [1.165, 1.54) is 0 Å². The second-order valence-corrected chi connectivity index (χ2v) is 3.42. The number of para-hydroxylation sites is 1. The summed E-state index contributed by atoms with van der Waals surface area (Å²) in [6.45, 7) is 0. The minimum absolute atomic E-state index is 0.312. The maximum absolute atomic E-state index is 12.5. The molecule has 0 fully saturated rings. The average molecular weight is 255 g/mol. The van der Waals surface area contributed by atoms with E-state index >= 15 is 0 Å². The molecule has 0 aliphatic rings. The van der Waals surface area contributed by atoms with Gasteiger partial charge in [0.1, 0.15) is 0 Å².